The van der Waals surface area contributed by atoms with Crippen LogP contribution < -0.4 is 10.1 Å². The minimum absolute atomic E-state index is 0.821. The maximum absolute atomic E-state index is 5.41. The monoisotopic (exact) mass is 269 g/mol. The van der Waals surface area contributed by atoms with Crippen molar-refractivity contribution in [1.82, 2.24) is 0 Å². The van der Waals surface area contributed by atoms with Gasteiger partial charge in [-0.2, -0.15) is 11.3 Å². The Kier molecular flexibility index (Phi) is 3.38. The van der Waals surface area contributed by atoms with Crippen molar-refractivity contribution in [2.24, 2.45) is 0 Å². The van der Waals surface area contributed by atoms with Gasteiger partial charge >= 0.3 is 0 Å². The average Bonchev–Trinajstić information content (AvgIpc) is 2.98. The standard InChI is InChI=1S/C16H15NOS/c1-18-16-7-6-12(10-17-13-8-9-19-11-13)14-4-2-3-5-15(14)16/h2-9,11,17H,10H2,1H3. The molecule has 2 nitrogen and oxygen atoms in total. The molecule has 0 fully saturated rings. The third kappa shape index (κ3) is 2.42. The Hall–Kier alpha value is -2.00. The number of fused-ring (bicyclic) bond motifs is 1. The second-order valence-corrected chi connectivity index (χ2v) is 5.12. The molecule has 1 aromatic heterocycles. The second-order valence-electron chi connectivity index (χ2n) is 4.34. The Morgan fingerprint density at radius 3 is 2.63 bits per heavy atom. The third-order valence-corrected chi connectivity index (χ3v) is 3.88. The number of rotatable bonds is 4. The Morgan fingerprint density at radius 2 is 1.89 bits per heavy atom. The Balaban J connectivity index is 1.95. The number of benzene rings is 2. The van der Waals surface area contributed by atoms with Crippen LogP contribution >= 0.6 is 11.3 Å². The van der Waals surface area contributed by atoms with Crippen LogP contribution in [0, 0.1) is 0 Å². The molecular formula is C16H15NOS. The molecule has 3 rings (SSSR count). The second kappa shape index (κ2) is 5.33. The first kappa shape index (κ1) is 12.1. The van der Waals surface area contributed by atoms with E-state index in [1.165, 1.54) is 16.6 Å². The lowest BCUT2D eigenvalue weighted by molar-refractivity contribution is 0.419. The van der Waals surface area contributed by atoms with E-state index in [1.807, 2.05) is 12.1 Å². The smallest absolute Gasteiger partial charge is 0.126 e. The highest BCUT2D eigenvalue weighted by atomic mass is 32.1. The summed E-state index contributed by atoms with van der Waals surface area (Å²) in [5.74, 6) is 0.926. The summed E-state index contributed by atoms with van der Waals surface area (Å²) in [5, 5.41) is 10.0. The lowest BCUT2D eigenvalue weighted by Gasteiger charge is -2.11. The molecule has 3 heteroatoms. The summed E-state index contributed by atoms with van der Waals surface area (Å²) in [5.41, 5.74) is 2.45. The zero-order chi connectivity index (χ0) is 13.1. The van der Waals surface area contributed by atoms with Crippen molar-refractivity contribution in [2.45, 2.75) is 6.54 Å². The summed E-state index contributed by atoms with van der Waals surface area (Å²) >= 11 is 1.70. The molecule has 0 unspecified atom stereocenters. The van der Waals surface area contributed by atoms with Crippen molar-refractivity contribution >= 4 is 27.8 Å². The summed E-state index contributed by atoms with van der Waals surface area (Å²) < 4.78 is 5.41. The molecule has 3 aromatic rings. The highest BCUT2D eigenvalue weighted by Crippen LogP contribution is 2.28. The number of nitrogens with one attached hydrogen (secondary N) is 1. The van der Waals surface area contributed by atoms with Crippen LogP contribution in [-0.2, 0) is 6.54 Å². The van der Waals surface area contributed by atoms with Crippen LogP contribution in [0.25, 0.3) is 10.8 Å². The molecule has 0 aliphatic heterocycles. The fourth-order valence-corrected chi connectivity index (χ4v) is 2.84. The van der Waals surface area contributed by atoms with Crippen molar-refractivity contribution in [3.63, 3.8) is 0 Å². The van der Waals surface area contributed by atoms with Gasteiger partial charge in [-0.15, -0.1) is 0 Å². The van der Waals surface area contributed by atoms with Crippen LogP contribution in [0.15, 0.2) is 53.2 Å². The maximum Gasteiger partial charge on any atom is 0.126 e. The van der Waals surface area contributed by atoms with Crippen LogP contribution in [0.3, 0.4) is 0 Å². The van der Waals surface area contributed by atoms with E-state index in [1.54, 1.807) is 18.4 Å². The lowest BCUT2D eigenvalue weighted by Crippen LogP contribution is -1.99. The van der Waals surface area contributed by atoms with Gasteiger partial charge in [-0.05, 0) is 28.5 Å². The molecule has 0 saturated heterocycles. The molecule has 0 aliphatic rings. The predicted octanol–water partition coefficient (Wildman–Crippen LogP) is 4.52. The summed E-state index contributed by atoms with van der Waals surface area (Å²) in [4.78, 5) is 0. The van der Waals surface area contributed by atoms with Crippen LogP contribution in [0.2, 0.25) is 0 Å². The highest BCUT2D eigenvalue weighted by molar-refractivity contribution is 7.08. The summed E-state index contributed by atoms with van der Waals surface area (Å²) in [6.07, 6.45) is 0. The third-order valence-electron chi connectivity index (χ3n) is 3.20. The predicted molar refractivity (Wildman–Crippen MR) is 82.1 cm³/mol. The molecule has 0 radical (unpaired) electrons. The molecule has 0 bridgehead atoms. The molecule has 1 heterocycles. The summed E-state index contributed by atoms with van der Waals surface area (Å²) in [6, 6.07) is 14.6. The summed E-state index contributed by atoms with van der Waals surface area (Å²) in [7, 11) is 1.71. The van der Waals surface area contributed by atoms with E-state index < -0.39 is 0 Å². The van der Waals surface area contributed by atoms with Gasteiger partial charge in [0.05, 0.1) is 7.11 Å². The van der Waals surface area contributed by atoms with Crippen molar-refractivity contribution < 1.29 is 4.74 Å². The van der Waals surface area contributed by atoms with Crippen LogP contribution in [0.5, 0.6) is 5.75 Å². The van der Waals surface area contributed by atoms with Crippen molar-refractivity contribution in [3.8, 4) is 5.75 Å². The van der Waals surface area contributed by atoms with Crippen molar-refractivity contribution in [2.75, 3.05) is 12.4 Å². The first-order valence-electron chi connectivity index (χ1n) is 6.19. The van der Waals surface area contributed by atoms with Gasteiger partial charge in [0.2, 0.25) is 0 Å². The molecular weight excluding hydrogens is 254 g/mol. The van der Waals surface area contributed by atoms with E-state index in [0.717, 1.165) is 17.7 Å². The van der Waals surface area contributed by atoms with Gasteiger partial charge in [0, 0.05) is 23.0 Å². The van der Waals surface area contributed by atoms with E-state index in [2.05, 4.69) is 46.4 Å². The van der Waals surface area contributed by atoms with Crippen LogP contribution in [0.4, 0.5) is 5.69 Å². The zero-order valence-electron chi connectivity index (χ0n) is 10.7. The van der Waals surface area contributed by atoms with Gasteiger partial charge in [-0.1, -0.05) is 30.3 Å². The van der Waals surface area contributed by atoms with E-state index in [9.17, 15) is 0 Å². The summed E-state index contributed by atoms with van der Waals surface area (Å²) in [6.45, 7) is 0.821. The molecule has 0 spiro atoms. The normalized spacial score (nSPS) is 10.6. The molecule has 2 aromatic carbocycles. The SMILES string of the molecule is COc1ccc(CNc2ccsc2)c2ccccc12. The topological polar surface area (TPSA) is 21.3 Å². The van der Waals surface area contributed by atoms with Gasteiger partial charge in [-0.3, -0.25) is 0 Å². The number of methoxy groups -OCH3 is 1. The Bertz CT molecular complexity index is 676. The number of thiophene rings is 1. The molecule has 96 valence electrons. The fourth-order valence-electron chi connectivity index (χ4n) is 2.23. The number of hydrogen-bond acceptors (Lipinski definition) is 3. The van der Waals surface area contributed by atoms with Crippen LogP contribution in [-0.4, -0.2) is 7.11 Å². The minimum atomic E-state index is 0.821. The Morgan fingerprint density at radius 1 is 1.05 bits per heavy atom. The van der Waals surface area contributed by atoms with Gasteiger partial charge in [0.1, 0.15) is 5.75 Å². The largest absolute Gasteiger partial charge is 0.496 e. The number of ether oxygens (including phenoxy) is 1. The van der Waals surface area contributed by atoms with Crippen LogP contribution in [0.1, 0.15) is 5.56 Å². The van der Waals surface area contributed by atoms with Crippen molar-refractivity contribution in [1.29, 1.82) is 0 Å². The first-order valence-corrected chi connectivity index (χ1v) is 7.13. The number of hydrogen-bond donors (Lipinski definition) is 1. The molecule has 0 saturated carbocycles. The first-order chi connectivity index (χ1) is 9.38. The quantitative estimate of drug-likeness (QED) is 0.751. The molecule has 0 atom stereocenters. The molecule has 0 aliphatic carbocycles. The zero-order valence-corrected chi connectivity index (χ0v) is 11.5. The molecule has 0 amide bonds. The van der Waals surface area contributed by atoms with Gasteiger partial charge in [0.25, 0.3) is 0 Å². The maximum atomic E-state index is 5.41. The molecule has 19 heavy (non-hydrogen) atoms. The average molecular weight is 269 g/mol. The van der Waals surface area contributed by atoms with Gasteiger partial charge in [0.15, 0.2) is 0 Å². The minimum Gasteiger partial charge on any atom is -0.496 e. The number of anilines is 1. The Labute approximate surface area is 116 Å². The van der Waals surface area contributed by atoms with Crippen molar-refractivity contribution in [3.05, 3.63) is 58.8 Å². The van der Waals surface area contributed by atoms with E-state index in [0.29, 0.717) is 0 Å². The lowest BCUT2D eigenvalue weighted by atomic mass is 10.0. The highest BCUT2D eigenvalue weighted by Gasteiger charge is 2.05. The molecule has 1 N–H and O–H groups in total. The van der Waals surface area contributed by atoms with E-state index >= 15 is 0 Å². The van der Waals surface area contributed by atoms with E-state index in [-0.39, 0.29) is 0 Å². The van der Waals surface area contributed by atoms with E-state index in [4.69, 9.17) is 4.74 Å². The van der Waals surface area contributed by atoms with Gasteiger partial charge < -0.3 is 10.1 Å². The fraction of sp³-hybridized carbons (Fsp3) is 0.125. The van der Waals surface area contributed by atoms with Gasteiger partial charge in [-0.25, -0.2) is 0 Å².